The van der Waals surface area contributed by atoms with E-state index < -0.39 is 0 Å². The van der Waals surface area contributed by atoms with Gasteiger partial charge in [-0.15, -0.1) is 0 Å². The third-order valence-electron chi connectivity index (χ3n) is 6.85. The highest BCUT2D eigenvalue weighted by Crippen LogP contribution is 2.32. The second-order valence-electron chi connectivity index (χ2n) is 9.41. The zero-order valence-corrected chi connectivity index (χ0v) is 19.2. The molecule has 3 heteroatoms. The van der Waals surface area contributed by atoms with E-state index in [1.165, 1.54) is 78.2 Å². The molecular formula is C28H39N3. The summed E-state index contributed by atoms with van der Waals surface area (Å²) in [7, 11) is 0. The van der Waals surface area contributed by atoms with Crippen LogP contribution in [0.3, 0.4) is 0 Å². The zero-order chi connectivity index (χ0) is 21.5. The summed E-state index contributed by atoms with van der Waals surface area (Å²) >= 11 is 0. The first kappa shape index (κ1) is 22.1. The van der Waals surface area contributed by atoms with E-state index in [1.54, 1.807) is 0 Å². The van der Waals surface area contributed by atoms with Crippen molar-refractivity contribution in [3.8, 4) is 11.1 Å². The SMILES string of the molecule is Cc1cccc(-c2ccc3c(c2)c(CCCNCCCN)cn3CC2CCCCC2)c1. The van der Waals surface area contributed by atoms with Crippen LogP contribution in [-0.2, 0) is 13.0 Å². The Kier molecular flexibility index (Phi) is 7.82. The van der Waals surface area contributed by atoms with Gasteiger partial charge in [-0.05, 0) is 93.4 Å². The lowest BCUT2D eigenvalue weighted by molar-refractivity contribution is 0.322. The predicted octanol–water partition coefficient (Wildman–Crippen LogP) is 6.07. The van der Waals surface area contributed by atoms with E-state index in [0.29, 0.717) is 0 Å². The number of benzene rings is 2. The largest absolute Gasteiger partial charge is 0.347 e. The van der Waals surface area contributed by atoms with Gasteiger partial charge in [-0.1, -0.05) is 55.2 Å². The van der Waals surface area contributed by atoms with E-state index in [4.69, 9.17) is 5.73 Å². The average Bonchev–Trinajstić information content (AvgIpc) is 3.13. The number of nitrogens with zero attached hydrogens (tertiary/aromatic N) is 1. The highest BCUT2D eigenvalue weighted by atomic mass is 15.0. The Morgan fingerprint density at radius 2 is 1.77 bits per heavy atom. The molecule has 0 saturated heterocycles. The molecule has 4 rings (SSSR count). The molecule has 1 aliphatic carbocycles. The number of nitrogens with two attached hydrogens (primary N) is 1. The third kappa shape index (κ3) is 5.78. The summed E-state index contributed by atoms with van der Waals surface area (Å²) in [6, 6.07) is 16.0. The fourth-order valence-corrected chi connectivity index (χ4v) is 5.13. The molecule has 3 aromatic rings. The normalized spacial score (nSPS) is 15.0. The van der Waals surface area contributed by atoms with E-state index in [-0.39, 0.29) is 0 Å². The Labute approximate surface area is 188 Å². The van der Waals surface area contributed by atoms with Gasteiger partial charge in [0, 0.05) is 23.6 Å². The highest BCUT2D eigenvalue weighted by Gasteiger charge is 2.17. The molecule has 3 N–H and O–H groups in total. The van der Waals surface area contributed by atoms with Crippen molar-refractivity contribution in [3.63, 3.8) is 0 Å². The first-order valence-corrected chi connectivity index (χ1v) is 12.3. The molecule has 0 spiro atoms. The Hall–Kier alpha value is -2.10. The molecule has 0 radical (unpaired) electrons. The van der Waals surface area contributed by atoms with Crippen molar-refractivity contribution in [2.45, 2.75) is 64.8 Å². The maximum atomic E-state index is 5.60. The number of hydrogen-bond donors (Lipinski definition) is 2. The summed E-state index contributed by atoms with van der Waals surface area (Å²) in [5.41, 5.74) is 12.5. The van der Waals surface area contributed by atoms with Crippen LogP contribution in [0.5, 0.6) is 0 Å². The standard InChI is InChI=1S/C28H39N3/c1-22-8-5-11-24(18-22)25-13-14-28-27(19-25)26(12-6-16-30-17-7-15-29)21-31(28)20-23-9-3-2-4-10-23/h5,8,11,13-14,18-19,21,23,30H,2-4,6-7,9-10,12,15-17,20,29H2,1H3. The molecule has 0 bridgehead atoms. The van der Waals surface area contributed by atoms with Crippen LogP contribution in [0.25, 0.3) is 22.0 Å². The van der Waals surface area contributed by atoms with E-state index in [2.05, 4.69) is 65.5 Å². The van der Waals surface area contributed by atoms with Gasteiger partial charge in [0.25, 0.3) is 0 Å². The van der Waals surface area contributed by atoms with Gasteiger partial charge < -0.3 is 15.6 Å². The smallest absolute Gasteiger partial charge is 0.0483 e. The van der Waals surface area contributed by atoms with Gasteiger partial charge in [-0.25, -0.2) is 0 Å². The molecule has 31 heavy (non-hydrogen) atoms. The Bertz CT molecular complexity index is 966. The Morgan fingerprint density at radius 1 is 0.968 bits per heavy atom. The van der Waals surface area contributed by atoms with Crippen molar-refractivity contribution < 1.29 is 0 Å². The summed E-state index contributed by atoms with van der Waals surface area (Å²) in [5, 5.41) is 4.98. The minimum atomic E-state index is 0.767. The van der Waals surface area contributed by atoms with Crippen LogP contribution in [0.15, 0.2) is 48.7 Å². The summed E-state index contributed by atoms with van der Waals surface area (Å²) < 4.78 is 2.56. The fourth-order valence-electron chi connectivity index (χ4n) is 5.13. The molecule has 1 aromatic heterocycles. The highest BCUT2D eigenvalue weighted by molar-refractivity contribution is 5.88. The maximum absolute atomic E-state index is 5.60. The molecule has 0 unspecified atom stereocenters. The molecule has 3 nitrogen and oxygen atoms in total. The fraction of sp³-hybridized carbons (Fsp3) is 0.500. The number of rotatable bonds is 10. The minimum Gasteiger partial charge on any atom is -0.347 e. The number of aryl methyl sites for hydroxylation is 2. The number of aromatic nitrogens is 1. The Morgan fingerprint density at radius 3 is 2.58 bits per heavy atom. The van der Waals surface area contributed by atoms with Crippen molar-refractivity contribution in [1.29, 1.82) is 0 Å². The lowest BCUT2D eigenvalue weighted by atomic mass is 9.89. The quantitative estimate of drug-likeness (QED) is 0.393. The van der Waals surface area contributed by atoms with E-state index in [1.807, 2.05) is 0 Å². The molecule has 0 amide bonds. The maximum Gasteiger partial charge on any atom is 0.0483 e. The average molecular weight is 418 g/mol. The van der Waals surface area contributed by atoms with Crippen LogP contribution >= 0.6 is 0 Å². The monoisotopic (exact) mass is 417 g/mol. The Balaban J connectivity index is 1.58. The first-order valence-electron chi connectivity index (χ1n) is 12.3. The van der Waals surface area contributed by atoms with Crippen molar-refractivity contribution in [1.82, 2.24) is 9.88 Å². The van der Waals surface area contributed by atoms with Gasteiger partial charge in [0.2, 0.25) is 0 Å². The van der Waals surface area contributed by atoms with Crippen molar-refractivity contribution >= 4 is 10.9 Å². The van der Waals surface area contributed by atoms with Crippen LogP contribution in [0, 0.1) is 12.8 Å². The molecule has 0 atom stereocenters. The van der Waals surface area contributed by atoms with Gasteiger partial charge in [-0.3, -0.25) is 0 Å². The van der Waals surface area contributed by atoms with E-state index in [0.717, 1.165) is 38.4 Å². The molecule has 1 fully saturated rings. The number of hydrogen-bond acceptors (Lipinski definition) is 2. The van der Waals surface area contributed by atoms with Crippen molar-refractivity contribution in [2.24, 2.45) is 11.7 Å². The van der Waals surface area contributed by atoms with Gasteiger partial charge in [0.15, 0.2) is 0 Å². The molecule has 1 heterocycles. The molecule has 166 valence electrons. The van der Waals surface area contributed by atoms with E-state index >= 15 is 0 Å². The number of nitrogens with one attached hydrogen (secondary N) is 1. The van der Waals surface area contributed by atoms with Crippen molar-refractivity contribution in [3.05, 3.63) is 59.8 Å². The van der Waals surface area contributed by atoms with Gasteiger partial charge in [0.05, 0.1) is 0 Å². The predicted molar refractivity (Wildman–Crippen MR) is 134 cm³/mol. The van der Waals surface area contributed by atoms with Gasteiger partial charge >= 0.3 is 0 Å². The van der Waals surface area contributed by atoms with Crippen LogP contribution < -0.4 is 11.1 Å². The second-order valence-corrected chi connectivity index (χ2v) is 9.41. The zero-order valence-electron chi connectivity index (χ0n) is 19.2. The summed E-state index contributed by atoms with van der Waals surface area (Å²) in [4.78, 5) is 0. The topological polar surface area (TPSA) is 43.0 Å². The molecule has 1 saturated carbocycles. The third-order valence-corrected chi connectivity index (χ3v) is 6.85. The van der Waals surface area contributed by atoms with E-state index in [9.17, 15) is 0 Å². The first-order chi connectivity index (χ1) is 15.2. The molecular weight excluding hydrogens is 378 g/mol. The minimum absolute atomic E-state index is 0.767. The van der Waals surface area contributed by atoms with Crippen LogP contribution in [0.4, 0.5) is 0 Å². The van der Waals surface area contributed by atoms with Crippen molar-refractivity contribution in [2.75, 3.05) is 19.6 Å². The van der Waals surface area contributed by atoms with Gasteiger partial charge in [0.1, 0.15) is 0 Å². The summed E-state index contributed by atoms with van der Waals surface area (Å²) in [6.45, 7) is 6.20. The lowest BCUT2D eigenvalue weighted by Crippen LogP contribution is -2.19. The molecule has 1 aliphatic rings. The van der Waals surface area contributed by atoms with Crippen LogP contribution in [-0.4, -0.2) is 24.2 Å². The van der Waals surface area contributed by atoms with Gasteiger partial charge in [-0.2, -0.15) is 0 Å². The molecule has 0 aliphatic heterocycles. The van der Waals surface area contributed by atoms with Crippen LogP contribution in [0.2, 0.25) is 0 Å². The van der Waals surface area contributed by atoms with Crippen LogP contribution in [0.1, 0.15) is 56.1 Å². The summed E-state index contributed by atoms with van der Waals surface area (Å²) in [5.74, 6) is 0.839. The lowest BCUT2D eigenvalue weighted by Gasteiger charge is -2.22. The number of fused-ring (bicyclic) bond motifs is 1. The summed E-state index contributed by atoms with van der Waals surface area (Å²) in [6.07, 6.45) is 12.8. The second kappa shape index (κ2) is 11.0. The molecule has 2 aromatic carbocycles.